The van der Waals surface area contributed by atoms with E-state index in [1.165, 1.54) is 32.1 Å². The number of hydrogen-bond acceptors (Lipinski definition) is 3. The Labute approximate surface area is 133 Å². The Kier molecular flexibility index (Phi) is 7.18. The lowest BCUT2D eigenvalue weighted by molar-refractivity contribution is -0.132. The van der Waals surface area contributed by atoms with Crippen LogP contribution in [0.5, 0.6) is 0 Å². The largest absolute Gasteiger partial charge is 0.340 e. The number of hydrogen-bond donors (Lipinski definition) is 1. The number of aromatic nitrogens is 2. The van der Waals surface area contributed by atoms with Crippen LogP contribution < -0.4 is 5.73 Å². The van der Waals surface area contributed by atoms with Crippen molar-refractivity contribution in [2.24, 2.45) is 18.7 Å². The predicted molar refractivity (Wildman–Crippen MR) is 86.1 cm³/mol. The number of carbonyl (C=O) groups is 1. The van der Waals surface area contributed by atoms with E-state index in [1.54, 1.807) is 15.8 Å². The summed E-state index contributed by atoms with van der Waals surface area (Å²) in [7, 11) is 3.69. The van der Waals surface area contributed by atoms with Crippen molar-refractivity contribution in [3.8, 4) is 0 Å². The SMILES string of the molecule is CN(Cc1cnn(C)c1)C(=O)C(N)CC1CCCCC1.Cl. The fourth-order valence-corrected chi connectivity index (χ4v) is 3.07. The zero-order chi connectivity index (χ0) is 14.5. The van der Waals surface area contributed by atoms with Crippen LogP contribution in [0.25, 0.3) is 0 Å². The van der Waals surface area contributed by atoms with E-state index in [-0.39, 0.29) is 24.4 Å². The van der Waals surface area contributed by atoms with Gasteiger partial charge in [0.25, 0.3) is 0 Å². The van der Waals surface area contributed by atoms with Crippen molar-refractivity contribution < 1.29 is 4.79 Å². The molecule has 6 heteroatoms. The molecule has 1 unspecified atom stereocenters. The summed E-state index contributed by atoms with van der Waals surface area (Å²) in [6.45, 7) is 0.574. The fraction of sp³-hybridized carbons (Fsp3) is 0.733. The van der Waals surface area contributed by atoms with Gasteiger partial charge in [-0.05, 0) is 12.3 Å². The number of rotatable bonds is 5. The van der Waals surface area contributed by atoms with Crippen LogP contribution in [0.2, 0.25) is 0 Å². The number of nitrogens with two attached hydrogens (primary N) is 1. The average molecular weight is 315 g/mol. The lowest BCUT2D eigenvalue weighted by atomic mass is 9.85. The number of aryl methyl sites for hydroxylation is 1. The van der Waals surface area contributed by atoms with Crippen molar-refractivity contribution in [2.75, 3.05) is 7.05 Å². The van der Waals surface area contributed by atoms with Crippen LogP contribution in [0, 0.1) is 5.92 Å². The Morgan fingerprint density at radius 3 is 2.71 bits per heavy atom. The molecular formula is C15H27ClN4O. The minimum Gasteiger partial charge on any atom is -0.340 e. The third-order valence-corrected chi connectivity index (χ3v) is 4.18. The van der Waals surface area contributed by atoms with Gasteiger partial charge in [-0.25, -0.2) is 0 Å². The predicted octanol–water partition coefficient (Wildman–Crippen LogP) is 2.10. The van der Waals surface area contributed by atoms with Crippen LogP contribution in [0.1, 0.15) is 44.1 Å². The number of amides is 1. The first-order valence-corrected chi connectivity index (χ1v) is 7.54. The molecule has 0 spiro atoms. The minimum atomic E-state index is -0.361. The van der Waals surface area contributed by atoms with Crippen LogP contribution in [-0.4, -0.2) is 33.7 Å². The highest BCUT2D eigenvalue weighted by molar-refractivity contribution is 5.85. The summed E-state index contributed by atoms with van der Waals surface area (Å²) in [6, 6.07) is -0.361. The van der Waals surface area contributed by atoms with E-state index in [0.717, 1.165) is 12.0 Å². The maximum atomic E-state index is 12.3. The smallest absolute Gasteiger partial charge is 0.239 e. The number of nitrogens with zero attached hydrogens (tertiary/aromatic N) is 3. The van der Waals surface area contributed by atoms with E-state index < -0.39 is 0 Å². The summed E-state index contributed by atoms with van der Waals surface area (Å²) in [5, 5.41) is 4.11. The first-order chi connectivity index (χ1) is 9.56. The molecule has 0 aliphatic heterocycles. The summed E-state index contributed by atoms with van der Waals surface area (Å²) in [4.78, 5) is 14.0. The fourth-order valence-electron chi connectivity index (χ4n) is 3.07. The summed E-state index contributed by atoms with van der Waals surface area (Å²) in [5.41, 5.74) is 7.13. The number of likely N-dealkylation sites (N-methyl/N-ethyl adjacent to an activating group) is 1. The molecule has 21 heavy (non-hydrogen) atoms. The summed E-state index contributed by atoms with van der Waals surface area (Å²) < 4.78 is 1.75. The molecule has 1 fully saturated rings. The molecule has 0 saturated heterocycles. The minimum absolute atomic E-state index is 0. The van der Waals surface area contributed by atoms with E-state index in [2.05, 4.69) is 5.10 Å². The van der Waals surface area contributed by atoms with Gasteiger partial charge in [-0.3, -0.25) is 9.48 Å². The van der Waals surface area contributed by atoms with Crippen LogP contribution in [-0.2, 0) is 18.4 Å². The van der Waals surface area contributed by atoms with Gasteiger partial charge >= 0.3 is 0 Å². The van der Waals surface area contributed by atoms with Gasteiger partial charge in [0.1, 0.15) is 0 Å². The van der Waals surface area contributed by atoms with Gasteiger partial charge < -0.3 is 10.6 Å². The zero-order valence-electron chi connectivity index (χ0n) is 13.0. The van der Waals surface area contributed by atoms with Crippen LogP contribution in [0.4, 0.5) is 0 Å². The van der Waals surface area contributed by atoms with E-state index >= 15 is 0 Å². The normalized spacial score (nSPS) is 17.1. The van der Waals surface area contributed by atoms with E-state index in [9.17, 15) is 4.79 Å². The second kappa shape index (κ2) is 8.39. The van der Waals surface area contributed by atoms with Crippen molar-refractivity contribution in [1.82, 2.24) is 14.7 Å². The molecule has 2 rings (SSSR count). The monoisotopic (exact) mass is 314 g/mol. The molecular weight excluding hydrogens is 288 g/mol. The van der Waals surface area contributed by atoms with Crippen molar-refractivity contribution in [2.45, 2.75) is 51.1 Å². The van der Waals surface area contributed by atoms with E-state index in [0.29, 0.717) is 12.5 Å². The Morgan fingerprint density at radius 2 is 2.14 bits per heavy atom. The van der Waals surface area contributed by atoms with Crippen LogP contribution >= 0.6 is 12.4 Å². The third kappa shape index (κ3) is 5.32. The highest BCUT2D eigenvalue weighted by Crippen LogP contribution is 2.27. The zero-order valence-corrected chi connectivity index (χ0v) is 13.8. The summed E-state index contributed by atoms with van der Waals surface area (Å²) >= 11 is 0. The van der Waals surface area contributed by atoms with Gasteiger partial charge in [0.2, 0.25) is 5.91 Å². The van der Waals surface area contributed by atoms with Gasteiger partial charge in [0.05, 0.1) is 12.2 Å². The third-order valence-electron chi connectivity index (χ3n) is 4.18. The Hall–Kier alpha value is -1.07. The molecule has 0 aromatic carbocycles. The molecule has 0 bridgehead atoms. The molecule has 1 aliphatic carbocycles. The second-order valence-corrected chi connectivity index (χ2v) is 6.06. The molecule has 1 saturated carbocycles. The molecule has 1 aliphatic rings. The second-order valence-electron chi connectivity index (χ2n) is 6.06. The highest BCUT2D eigenvalue weighted by atomic mass is 35.5. The van der Waals surface area contributed by atoms with Crippen LogP contribution in [0.15, 0.2) is 12.4 Å². The van der Waals surface area contributed by atoms with Gasteiger partial charge in [0, 0.05) is 32.4 Å². The quantitative estimate of drug-likeness (QED) is 0.905. The van der Waals surface area contributed by atoms with E-state index in [1.807, 2.05) is 20.3 Å². The van der Waals surface area contributed by atoms with Crippen molar-refractivity contribution in [3.63, 3.8) is 0 Å². The Bertz CT molecular complexity index is 443. The molecule has 1 aromatic rings. The van der Waals surface area contributed by atoms with Crippen LogP contribution in [0.3, 0.4) is 0 Å². The first-order valence-electron chi connectivity index (χ1n) is 7.54. The van der Waals surface area contributed by atoms with Crippen molar-refractivity contribution in [1.29, 1.82) is 0 Å². The lowest BCUT2D eigenvalue weighted by Gasteiger charge is -2.26. The molecule has 0 radical (unpaired) electrons. The maximum Gasteiger partial charge on any atom is 0.239 e. The van der Waals surface area contributed by atoms with Gasteiger partial charge in [-0.15, -0.1) is 12.4 Å². The van der Waals surface area contributed by atoms with Gasteiger partial charge in [-0.2, -0.15) is 5.10 Å². The topological polar surface area (TPSA) is 64.2 Å². The Morgan fingerprint density at radius 1 is 1.48 bits per heavy atom. The number of carbonyl (C=O) groups excluding carboxylic acids is 1. The molecule has 120 valence electrons. The lowest BCUT2D eigenvalue weighted by Crippen LogP contribution is -2.42. The first kappa shape index (κ1) is 18.0. The van der Waals surface area contributed by atoms with Gasteiger partial charge in [-0.1, -0.05) is 32.1 Å². The Balaban J connectivity index is 0.00000220. The molecule has 5 nitrogen and oxygen atoms in total. The number of halogens is 1. The summed E-state index contributed by atoms with van der Waals surface area (Å²) in [6.07, 6.45) is 10.9. The maximum absolute atomic E-state index is 12.3. The molecule has 1 heterocycles. The highest BCUT2D eigenvalue weighted by Gasteiger charge is 2.23. The van der Waals surface area contributed by atoms with Gasteiger partial charge in [0.15, 0.2) is 0 Å². The molecule has 1 aromatic heterocycles. The summed E-state index contributed by atoms with van der Waals surface area (Å²) in [5.74, 6) is 0.675. The average Bonchev–Trinajstić information content (AvgIpc) is 2.84. The van der Waals surface area contributed by atoms with Crippen molar-refractivity contribution >= 4 is 18.3 Å². The standard InChI is InChI=1S/C15H26N4O.ClH/c1-18(10-13-9-17-19(2)11-13)15(20)14(16)8-12-6-4-3-5-7-12;/h9,11-12,14H,3-8,10,16H2,1-2H3;1H. The van der Waals surface area contributed by atoms with Crippen molar-refractivity contribution in [3.05, 3.63) is 18.0 Å². The van der Waals surface area contributed by atoms with E-state index in [4.69, 9.17) is 5.73 Å². The molecule has 2 N–H and O–H groups in total. The molecule has 1 amide bonds. The molecule has 1 atom stereocenters.